The Morgan fingerprint density at radius 3 is 2.71 bits per heavy atom. The lowest BCUT2D eigenvalue weighted by atomic mass is 10.1. The molecule has 2 aromatic heterocycles. The Morgan fingerprint density at radius 2 is 2.07 bits per heavy atom. The number of hydrogen-bond acceptors (Lipinski definition) is 4. The third kappa shape index (κ3) is 4.38. The molecular weight excluding hydrogens is 436 g/mol. The van der Waals surface area contributed by atoms with Gasteiger partial charge in [0.05, 0.1) is 28.6 Å². The number of nitrogens with zero attached hydrogens (tertiary/aromatic N) is 4. The molecule has 0 aliphatic heterocycles. The van der Waals surface area contributed by atoms with E-state index in [1.54, 1.807) is 36.3 Å². The highest BCUT2D eigenvalue weighted by atomic mass is 79.9. The SMILES string of the molecule is CCn1ncc(Br)c1CN(C)C(=O)c1cc(-c2ccc(OC(F)F)cc2)n[nH]1. The van der Waals surface area contributed by atoms with Crippen LogP contribution in [0, 0.1) is 0 Å². The van der Waals surface area contributed by atoms with Crippen LogP contribution in [0.3, 0.4) is 0 Å². The predicted molar refractivity (Wildman–Crippen MR) is 102 cm³/mol. The number of aryl methyl sites for hydroxylation is 1. The zero-order valence-electron chi connectivity index (χ0n) is 15.2. The summed E-state index contributed by atoms with van der Waals surface area (Å²) in [6, 6.07) is 7.67. The molecule has 0 unspecified atom stereocenters. The first-order valence-corrected chi connectivity index (χ1v) is 9.24. The number of H-pyrrole nitrogens is 1. The molecule has 0 radical (unpaired) electrons. The van der Waals surface area contributed by atoms with Crippen molar-refractivity contribution in [3.05, 3.63) is 52.4 Å². The van der Waals surface area contributed by atoms with E-state index in [2.05, 4.69) is 36.0 Å². The molecule has 1 aromatic carbocycles. The molecule has 0 fully saturated rings. The van der Waals surface area contributed by atoms with E-state index in [4.69, 9.17) is 0 Å². The van der Waals surface area contributed by atoms with Crippen LogP contribution in [0.25, 0.3) is 11.3 Å². The molecule has 2 heterocycles. The van der Waals surface area contributed by atoms with Gasteiger partial charge in [0.1, 0.15) is 11.4 Å². The fourth-order valence-electron chi connectivity index (χ4n) is 2.71. The van der Waals surface area contributed by atoms with Crippen LogP contribution in [0.4, 0.5) is 8.78 Å². The van der Waals surface area contributed by atoms with Gasteiger partial charge < -0.3 is 9.64 Å². The summed E-state index contributed by atoms with van der Waals surface area (Å²) >= 11 is 3.45. The van der Waals surface area contributed by atoms with E-state index in [0.717, 1.165) is 10.2 Å². The molecule has 1 amide bonds. The van der Waals surface area contributed by atoms with Gasteiger partial charge in [-0.1, -0.05) is 0 Å². The Hall–Kier alpha value is -2.75. The second-order valence-corrected chi connectivity index (χ2v) is 6.84. The van der Waals surface area contributed by atoms with Crippen LogP contribution in [-0.2, 0) is 13.1 Å². The summed E-state index contributed by atoms with van der Waals surface area (Å²) in [5.74, 6) is -0.171. The van der Waals surface area contributed by atoms with Crippen molar-refractivity contribution in [3.8, 4) is 17.0 Å². The Bertz CT molecular complexity index is 955. The smallest absolute Gasteiger partial charge is 0.387 e. The molecule has 0 bridgehead atoms. The van der Waals surface area contributed by atoms with Gasteiger partial charge in [-0.05, 0) is 53.2 Å². The number of hydrogen-bond donors (Lipinski definition) is 1. The third-order valence-corrected chi connectivity index (χ3v) is 4.78. The number of benzene rings is 1. The van der Waals surface area contributed by atoms with Gasteiger partial charge >= 0.3 is 6.61 Å². The summed E-state index contributed by atoms with van der Waals surface area (Å²) in [6.07, 6.45) is 1.70. The van der Waals surface area contributed by atoms with Crippen LogP contribution < -0.4 is 4.74 Å². The molecule has 0 aliphatic rings. The fourth-order valence-corrected chi connectivity index (χ4v) is 3.13. The minimum absolute atomic E-state index is 0.0587. The number of halogens is 3. The largest absolute Gasteiger partial charge is 0.435 e. The topological polar surface area (TPSA) is 76.0 Å². The maximum atomic E-state index is 12.7. The van der Waals surface area contributed by atoms with Crippen molar-refractivity contribution in [2.24, 2.45) is 0 Å². The van der Waals surface area contributed by atoms with Crippen LogP contribution in [0.5, 0.6) is 5.75 Å². The molecule has 1 N–H and O–H groups in total. The Labute approximate surface area is 168 Å². The Morgan fingerprint density at radius 1 is 1.36 bits per heavy atom. The van der Waals surface area contributed by atoms with Crippen LogP contribution in [0.1, 0.15) is 23.1 Å². The molecule has 0 atom stereocenters. The van der Waals surface area contributed by atoms with Gasteiger partial charge in [0.2, 0.25) is 0 Å². The van der Waals surface area contributed by atoms with Gasteiger partial charge in [0, 0.05) is 19.2 Å². The van der Waals surface area contributed by atoms with Gasteiger partial charge in [-0.25, -0.2) is 0 Å². The standard InChI is InChI=1S/C18H18BrF2N5O2/c1-3-26-16(13(19)9-22-26)10-25(2)17(27)15-8-14(23-24-15)11-4-6-12(7-5-11)28-18(20)21/h4-9,18H,3,10H2,1-2H3,(H,23,24). The lowest BCUT2D eigenvalue weighted by molar-refractivity contribution is -0.0498. The molecule has 0 saturated carbocycles. The number of nitrogens with one attached hydrogen (secondary N) is 1. The second-order valence-electron chi connectivity index (χ2n) is 5.99. The van der Waals surface area contributed by atoms with E-state index in [9.17, 15) is 13.6 Å². The number of ether oxygens (including phenoxy) is 1. The van der Waals surface area contributed by atoms with Gasteiger partial charge in [-0.3, -0.25) is 14.6 Å². The summed E-state index contributed by atoms with van der Waals surface area (Å²) in [5, 5.41) is 11.1. The van der Waals surface area contributed by atoms with Crippen molar-refractivity contribution in [3.63, 3.8) is 0 Å². The zero-order chi connectivity index (χ0) is 20.3. The van der Waals surface area contributed by atoms with Crippen molar-refractivity contribution in [2.75, 3.05) is 7.05 Å². The van der Waals surface area contributed by atoms with E-state index in [-0.39, 0.29) is 11.7 Å². The quantitative estimate of drug-likeness (QED) is 0.587. The molecule has 3 aromatic rings. The van der Waals surface area contributed by atoms with E-state index in [1.807, 2.05) is 11.6 Å². The highest BCUT2D eigenvalue weighted by Gasteiger charge is 2.19. The molecule has 0 spiro atoms. The molecule has 0 aliphatic carbocycles. The van der Waals surface area contributed by atoms with E-state index < -0.39 is 6.61 Å². The summed E-state index contributed by atoms with van der Waals surface area (Å²) < 4.78 is 31.4. The van der Waals surface area contributed by atoms with Gasteiger partial charge in [0.25, 0.3) is 5.91 Å². The first kappa shape index (κ1) is 20.0. The number of amides is 1. The highest BCUT2D eigenvalue weighted by molar-refractivity contribution is 9.10. The summed E-state index contributed by atoms with van der Waals surface area (Å²) in [4.78, 5) is 14.3. The molecule has 7 nitrogen and oxygen atoms in total. The molecule has 0 saturated heterocycles. The van der Waals surface area contributed by atoms with Crippen LogP contribution in [0.15, 0.2) is 41.0 Å². The summed E-state index contributed by atoms with van der Waals surface area (Å²) in [6.45, 7) is 0.174. The molecule has 148 valence electrons. The Kier molecular flexibility index (Phi) is 6.08. The van der Waals surface area contributed by atoms with Crippen molar-refractivity contribution in [1.82, 2.24) is 24.9 Å². The average Bonchev–Trinajstić information content (AvgIpc) is 3.29. The van der Waals surface area contributed by atoms with E-state index >= 15 is 0 Å². The van der Waals surface area contributed by atoms with Crippen molar-refractivity contribution < 1.29 is 18.3 Å². The lowest BCUT2D eigenvalue weighted by Crippen LogP contribution is -2.28. The fraction of sp³-hybridized carbons (Fsp3) is 0.278. The maximum Gasteiger partial charge on any atom is 0.387 e. The van der Waals surface area contributed by atoms with E-state index in [0.29, 0.717) is 30.0 Å². The number of carbonyl (C=O) groups is 1. The summed E-state index contributed by atoms with van der Waals surface area (Å²) in [7, 11) is 1.69. The van der Waals surface area contributed by atoms with Crippen LogP contribution in [-0.4, -0.2) is 44.4 Å². The van der Waals surface area contributed by atoms with Crippen molar-refractivity contribution >= 4 is 21.8 Å². The van der Waals surface area contributed by atoms with Gasteiger partial charge in [-0.2, -0.15) is 19.0 Å². The van der Waals surface area contributed by atoms with Crippen molar-refractivity contribution in [2.45, 2.75) is 26.6 Å². The lowest BCUT2D eigenvalue weighted by Gasteiger charge is -2.17. The van der Waals surface area contributed by atoms with Gasteiger partial charge in [-0.15, -0.1) is 0 Å². The average molecular weight is 454 g/mol. The molecule has 28 heavy (non-hydrogen) atoms. The predicted octanol–water partition coefficient (Wildman–Crippen LogP) is 3.93. The zero-order valence-corrected chi connectivity index (χ0v) is 16.8. The maximum absolute atomic E-state index is 12.7. The first-order valence-electron chi connectivity index (χ1n) is 8.45. The Balaban J connectivity index is 1.72. The highest BCUT2D eigenvalue weighted by Crippen LogP contribution is 2.23. The number of aromatic amines is 1. The minimum atomic E-state index is -2.87. The molecule has 10 heteroatoms. The number of aromatic nitrogens is 4. The number of alkyl halides is 2. The third-order valence-electron chi connectivity index (χ3n) is 4.11. The second kappa shape index (κ2) is 8.51. The van der Waals surface area contributed by atoms with E-state index in [1.165, 1.54) is 12.1 Å². The van der Waals surface area contributed by atoms with Crippen LogP contribution >= 0.6 is 15.9 Å². The summed E-state index contributed by atoms with van der Waals surface area (Å²) in [5.41, 5.74) is 2.42. The minimum Gasteiger partial charge on any atom is -0.435 e. The first-order chi connectivity index (χ1) is 13.4. The number of carbonyl (C=O) groups excluding carboxylic acids is 1. The molecular formula is C18H18BrF2N5O2. The monoisotopic (exact) mass is 453 g/mol. The number of rotatable bonds is 7. The normalized spacial score (nSPS) is 11.1. The van der Waals surface area contributed by atoms with Crippen LogP contribution in [0.2, 0.25) is 0 Å². The van der Waals surface area contributed by atoms with Crippen molar-refractivity contribution in [1.29, 1.82) is 0 Å². The molecule has 3 rings (SSSR count). The van der Waals surface area contributed by atoms with Gasteiger partial charge in [0.15, 0.2) is 0 Å².